The molecule has 0 aliphatic carbocycles. The molecule has 0 fully saturated rings. The van der Waals surface area contributed by atoms with E-state index in [0.29, 0.717) is 26.4 Å². The lowest BCUT2D eigenvalue weighted by molar-refractivity contribution is 0.217. The fourth-order valence-electron chi connectivity index (χ4n) is 3.66. The van der Waals surface area contributed by atoms with Crippen LogP contribution in [0.15, 0.2) is 107 Å². The van der Waals surface area contributed by atoms with Crippen LogP contribution in [0.25, 0.3) is 0 Å². The Bertz CT molecular complexity index is 1160. The van der Waals surface area contributed by atoms with E-state index in [0.717, 1.165) is 34.5 Å². The minimum Gasteiger partial charge on any atom is -0.490 e. The van der Waals surface area contributed by atoms with E-state index in [2.05, 4.69) is 49.3 Å². The average molecular weight is 567 g/mol. The molecule has 7 heteroatoms. The SMILES string of the molecule is C[SH](C)c1ccc(OCCOc2ccc(Oc3ccc(OCCOc4ccc([SH](C)C)cc4)cc3)cc2)cc1. The van der Waals surface area contributed by atoms with Crippen LogP contribution in [0.3, 0.4) is 0 Å². The Balaban J connectivity index is 1.13. The van der Waals surface area contributed by atoms with Crippen molar-refractivity contribution in [2.75, 3.05) is 51.5 Å². The molecule has 0 unspecified atom stereocenters. The Hall–Kier alpha value is -3.42. The first-order chi connectivity index (χ1) is 19.0. The van der Waals surface area contributed by atoms with E-state index in [1.807, 2.05) is 72.8 Å². The third-order valence-electron chi connectivity index (χ3n) is 5.83. The quantitative estimate of drug-likeness (QED) is 0.121. The third kappa shape index (κ3) is 9.37. The van der Waals surface area contributed by atoms with Gasteiger partial charge in [0.1, 0.15) is 60.9 Å². The van der Waals surface area contributed by atoms with Gasteiger partial charge in [0.25, 0.3) is 0 Å². The van der Waals surface area contributed by atoms with Crippen molar-refractivity contribution in [2.45, 2.75) is 9.79 Å². The third-order valence-corrected chi connectivity index (χ3v) is 8.49. The Morgan fingerprint density at radius 3 is 0.846 bits per heavy atom. The van der Waals surface area contributed by atoms with Crippen LogP contribution in [0.4, 0.5) is 0 Å². The van der Waals surface area contributed by atoms with Gasteiger partial charge in [-0.05, 0) is 132 Å². The molecule has 0 radical (unpaired) electrons. The molecule has 0 aliphatic heterocycles. The van der Waals surface area contributed by atoms with Gasteiger partial charge in [-0.15, -0.1) is 0 Å². The molecule has 0 atom stereocenters. The number of hydrogen-bond acceptors (Lipinski definition) is 5. The van der Waals surface area contributed by atoms with Crippen molar-refractivity contribution in [1.29, 1.82) is 0 Å². The molecule has 39 heavy (non-hydrogen) atoms. The van der Waals surface area contributed by atoms with Gasteiger partial charge >= 0.3 is 0 Å². The monoisotopic (exact) mass is 566 g/mol. The molecular weight excluding hydrogens is 528 g/mol. The molecule has 0 spiro atoms. The van der Waals surface area contributed by atoms with Crippen molar-refractivity contribution in [2.24, 2.45) is 0 Å². The fraction of sp³-hybridized carbons (Fsp3) is 0.250. The van der Waals surface area contributed by atoms with E-state index in [1.165, 1.54) is 9.79 Å². The minimum absolute atomic E-state index is 0.0873. The van der Waals surface area contributed by atoms with Gasteiger partial charge < -0.3 is 23.7 Å². The molecule has 0 aromatic heterocycles. The Morgan fingerprint density at radius 2 is 0.590 bits per heavy atom. The number of rotatable bonds is 14. The highest BCUT2D eigenvalue weighted by atomic mass is 32.2. The first-order valence-corrected chi connectivity index (χ1v) is 17.4. The van der Waals surface area contributed by atoms with Gasteiger partial charge in [-0.1, -0.05) is 0 Å². The summed E-state index contributed by atoms with van der Waals surface area (Å²) in [5.41, 5.74) is 0. The maximum absolute atomic E-state index is 5.95. The maximum Gasteiger partial charge on any atom is 0.127 e. The van der Waals surface area contributed by atoms with Crippen LogP contribution < -0.4 is 23.7 Å². The minimum atomic E-state index is -0.0873. The predicted molar refractivity (Wildman–Crippen MR) is 166 cm³/mol. The van der Waals surface area contributed by atoms with E-state index in [1.54, 1.807) is 0 Å². The first-order valence-electron chi connectivity index (χ1n) is 12.9. The topological polar surface area (TPSA) is 46.2 Å². The second-order valence-corrected chi connectivity index (χ2v) is 13.8. The largest absolute Gasteiger partial charge is 0.490 e. The molecule has 0 bridgehead atoms. The summed E-state index contributed by atoms with van der Waals surface area (Å²) in [4.78, 5) is 2.73. The zero-order valence-corrected chi connectivity index (χ0v) is 24.8. The van der Waals surface area contributed by atoms with Crippen LogP contribution >= 0.6 is 21.8 Å². The molecule has 4 aromatic carbocycles. The molecule has 0 aliphatic rings. The predicted octanol–water partition coefficient (Wildman–Crippen LogP) is 7.63. The van der Waals surface area contributed by atoms with Crippen molar-refractivity contribution in [3.63, 3.8) is 0 Å². The van der Waals surface area contributed by atoms with Gasteiger partial charge in [-0.2, -0.15) is 0 Å². The van der Waals surface area contributed by atoms with Crippen LogP contribution in [0.5, 0.6) is 34.5 Å². The zero-order valence-electron chi connectivity index (χ0n) is 23.0. The van der Waals surface area contributed by atoms with E-state index in [9.17, 15) is 0 Å². The fourth-order valence-corrected chi connectivity index (χ4v) is 5.15. The Morgan fingerprint density at radius 1 is 0.359 bits per heavy atom. The summed E-state index contributed by atoms with van der Waals surface area (Å²) in [6, 6.07) is 31.7. The van der Waals surface area contributed by atoms with E-state index in [-0.39, 0.29) is 21.8 Å². The molecule has 5 nitrogen and oxygen atoms in total. The number of benzene rings is 4. The van der Waals surface area contributed by atoms with E-state index in [4.69, 9.17) is 23.7 Å². The number of hydrogen-bond donors (Lipinski definition) is 2. The summed E-state index contributed by atoms with van der Waals surface area (Å²) in [6.45, 7) is 1.90. The second kappa shape index (κ2) is 14.7. The molecule has 0 saturated heterocycles. The van der Waals surface area contributed by atoms with Crippen LogP contribution in [-0.2, 0) is 0 Å². The average Bonchev–Trinajstić information content (AvgIpc) is 2.95. The van der Waals surface area contributed by atoms with Gasteiger partial charge in [-0.25, -0.2) is 21.8 Å². The number of ether oxygens (including phenoxy) is 5. The van der Waals surface area contributed by atoms with Crippen molar-refractivity contribution >= 4 is 21.8 Å². The molecule has 0 amide bonds. The maximum atomic E-state index is 5.95. The van der Waals surface area contributed by atoms with Crippen molar-refractivity contribution in [3.05, 3.63) is 97.1 Å². The van der Waals surface area contributed by atoms with Crippen LogP contribution in [0.1, 0.15) is 0 Å². The lowest BCUT2D eigenvalue weighted by atomic mass is 10.3. The van der Waals surface area contributed by atoms with E-state index < -0.39 is 0 Å². The smallest absolute Gasteiger partial charge is 0.127 e. The molecule has 0 saturated carbocycles. The lowest BCUT2D eigenvalue weighted by Crippen LogP contribution is -2.09. The summed E-state index contributed by atoms with van der Waals surface area (Å²) in [7, 11) is -0.175. The normalized spacial score (nSPS) is 11.4. The van der Waals surface area contributed by atoms with Gasteiger partial charge in [-0.3, -0.25) is 0 Å². The Labute approximate surface area is 237 Å². The zero-order chi connectivity index (χ0) is 27.5. The Kier molecular flexibility index (Phi) is 10.7. The summed E-state index contributed by atoms with van der Waals surface area (Å²) in [5.74, 6) is 4.73. The summed E-state index contributed by atoms with van der Waals surface area (Å²) in [5, 5.41) is 0. The molecule has 4 aromatic rings. The summed E-state index contributed by atoms with van der Waals surface area (Å²) >= 11 is 0. The van der Waals surface area contributed by atoms with Crippen molar-refractivity contribution in [3.8, 4) is 34.5 Å². The van der Waals surface area contributed by atoms with Crippen LogP contribution in [-0.4, -0.2) is 51.5 Å². The lowest BCUT2D eigenvalue weighted by Gasteiger charge is -2.12. The first kappa shape index (κ1) is 28.6. The van der Waals surface area contributed by atoms with Gasteiger partial charge in [0, 0.05) is 0 Å². The van der Waals surface area contributed by atoms with Gasteiger partial charge in [0.05, 0.1) is 0 Å². The van der Waals surface area contributed by atoms with Crippen LogP contribution in [0, 0.1) is 0 Å². The molecule has 0 N–H and O–H groups in total. The van der Waals surface area contributed by atoms with Crippen molar-refractivity contribution < 1.29 is 23.7 Å². The second-order valence-electron chi connectivity index (χ2n) is 9.22. The van der Waals surface area contributed by atoms with Gasteiger partial charge in [0.2, 0.25) is 0 Å². The highest BCUT2D eigenvalue weighted by Crippen LogP contribution is 2.30. The molecule has 4 rings (SSSR count). The molecule has 208 valence electrons. The van der Waals surface area contributed by atoms with Crippen LogP contribution in [0.2, 0.25) is 0 Å². The highest BCUT2D eigenvalue weighted by Gasteiger charge is 2.03. The van der Waals surface area contributed by atoms with Gasteiger partial charge in [0.15, 0.2) is 0 Å². The van der Waals surface area contributed by atoms with E-state index >= 15 is 0 Å². The summed E-state index contributed by atoms with van der Waals surface area (Å²) < 4.78 is 29.1. The standard InChI is InChI=1S/C32H38O5S2/c1-38(2)31-17-13-27(14-18-31)35-23-21-33-25-5-9-29(10-6-25)37-30-11-7-26(8-12-30)34-22-24-36-28-15-19-32(20-16-28)39(3)4/h5-20,38-39H,21-24H2,1-4H3. The highest BCUT2D eigenvalue weighted by molar-refractivity contribution is 8.16. The summed E-state index contributed by atoms with van der Waals surface area (Å²) in [6.07, 6.45) is 8.98. The van der Waals surface area contributed by atoms with Crippen molar-refractivity contribution in [1.82, 2.24) is 0 Å². The molecule has 0 heterocycles. The number of thiol groups is 2. The molecular formula is C32H38O5S2.